The summed E-state index contributed by atoms with van der Waals surface area (Å²) in [6.07, 6.45) is 1.58. The molecule has 1 N–H and O–H groups in total. The smallest absolute Gasteiger partial charge is 0.269 e. The van der Waals surface area contributed by atoms with E-state index in [9.17, 15) is 10.1 Å². The SMILES string of the molecule is Cn1c(-c2csc(N/N=C\c3ccc([N+](=O)[O-])cc3)n2)nc2ccccc21. The lowest BCUT2D eigenvalue weighted by Gasteiger charge is -1.98. The quantitative estimate of drug-likeness (QED) is 0.321. The Bertz CT molecular complexity index is 1150. The van der Waals surface area contributed by atoms with Gasteiger partial charge in [-0.3, -0.25) is 15.5 Å². The number of hydrogen-bond acceptors (Lipinski definition) is 7. The highest BCUT2D eigenvalue weighted by molar-refractivity contribution is 7.14. The topological polar surface area (TPSA) is 98.2 Å². The highest BCUT2D eigenvalue weighted by Crippen LogP contribution is 2.27. The molecule has 0 spiro atoms. The molecule has 0 amide bonds. The normalized spacial score (nSPS) is 11.3. The van der Waals surface area contributed by atoms with E-state index in [0.717, 1.165) is 28.1 Å². The van der Waals surface area contributed by atoms with Crippen molar-refractivity contribution in [2.24, 2.45) is 12.1 Å². The maximum Gasteiger partial charge on any atom is 0.269 e. The fourth-order valence-corrected chi connectivity index (χ4v) is 3.28. The summed E-state index contributed by atoms with van der Waals surface area (Å²) in [5.41, 5.74) is 6.42. The van der Waals surface area contributed by atoms with Gasteiger partial charge in [-0.05, 0) is 29.8 Å². The van der Waals surface area contributed by atoms with Gasteiger partial charge in [-0.1, -0.05) is 12.1 Å². The lowest BCUT2D eigenvalue weighted by molar-refractivity contribution is -0.384. The van der Waals surface area contributed by atoms with Crippen molar-refractivity contribution in [3.8, 4) is 11.5 Å². The van der Waals surface area contributed by atoms with Gasteiger partial charge >= 0.3 is 0 Å². The van der Waals surface area contributed by atoms with Crippen LogP contribution in [0.25, 0.3) is 22.6 Å². The summed E-state index contributed by atoms with van der Waals surface area (Å²) in [7, 11) is 1.96. The van der Waals surface area contributed by atoms with Crippen LogP contribution in [-0.2, 0) is 7.05 Å². The van der Waals surface area contributed by atoms with Crippen LogP contribution >= 0.6 is 11.3 Å². The van der Waals surface area contributed by atoms with E-state index in [0.29, 0.717) is 5.13 Å². The molecule has 4 aromatic rings. The number of para-hydroxylation sites is 2. The molecule has 0 aliphatic rings. The van der Waals surface area contributed by atoms with E-state index in [1.54, 1.807) is 18.3 Å². The molecule has 4 rings (SSSR count). The van der Waals surface area contributed by atoms with Gasteiger partial charge in [0.15, 0.2) is 5.82 Å². The largest absolute Gasteiger partial charge is 0.326 e. The minimum Gasteiger partial charge on any atom is -0.326 e. The number of thiazole rings is 1. The van der Waals surface area contributed by atoms with E-state index in [4.69, 9.17) is 0 Å². The van der Waals surface area contributed by atoms with E-state index in [1.807, 2.05) is 41.3 Å². The summed E-state index contributed by atoms with van der Waals surface area (Å²) in [5, 5.41) is 17.3. The summed E-state index contributed by atoms with van der Waals surface area (Å²) in [6, 6.07) is 14.1. The fourth-order valence-electron chi connectivity index (χ4n) is 2.65. The first-order valence-corrected chi connectivity index (χ1v) is 8.90. The monoisotopic (exact) mass is 378 g/mol. The van der Waals surface area contributed by atoms with Crippen LogP contribution in [0.1, 0.15) is 5.56 Å². The molecular weight excluding hydrogens is 364 g/mol. The fraction of sp³-hybridized carbons (Fsp3) is 0.0556. The van der Waals surface area contributed by atoms with Crippen molar-refractivity contribution in [2.45, 2.75) is 0 Å². The third kappa shape index (κ3) is 3.40. The van der Waals surface area contributed by atoms with E-state index in [1.165, 1.54) is 23.5 Å². The summed E-state index contributed by atoms with van der Waals surface area (Å²) in [4.78, 5) is 19.4. The van der Waals surface area contributed by atoms with Crippen LogP contribution in [0, 0.1) is 10.1 Å². The maximum atomic E-state index is 10.7. The van der Waals surface area contributed by atoms with Crippen molar-refractivity contribution in [3.63, 3.8) is 0 Å². The molecule has 27 heavy (non-hydrogen) atoms. The van der Waals surface area contributed by atoms with Crippen molar-refractivity contribution in [2.75, 3.05) is 5.43 Å². The van der Waals surface area contributed by atoms with Gasteiger partial charge in [0.2, 0.25) is 5.13 Å². The number of aryl methyl sites for hydroxylation is 1. The highest BCUT2D eigenvalue weighted by atomic mass is 32.1. The number of nitrogens with one attached hydrogen (secondary N) is 1. The summed E-state index contributed by atoms with van der Waals surface area (Å²) < 4.78 is 2.01. The third-order valence-corrected chi connectivity index (χ3v) is 4.75. The number of nitro groups is 1. The average molecular weight is 378 g/mol. The molecule has 0 aliphatic heterocycles. The van der Waals surface area contributed by atoms with Gasteiger partial charge < -0.3 is 4.57 Å². The first-order valence-electron chi connectivity index (χ1n) is 8.03. The molecule has 2 heterocycles. The van der Waals surface area contributed by atoms with Gasteiger partial charge in [-0.2, -0.15) is 5.10 Å². The van der Waals surface area contributed by atoms with Crippen LogP contribution in [0.15, 0.2) is 59.0 Å². The number of rotatable bonds is 5. The van der Waals surface area contributed by atoms with Gasteiger partial charge in [-0.15, -0.1) is 11.3 Å². The van der Waals surface area contributed by atoms with E-state index in [2.05, 4.69) is 20.5 Å². The number of hydrazone groups is 1. The third-order valence-electron chi connectivity index (χ3n) is 4.00. The van der Waals surface area contributed by atoms with Gasteiger partial charge in [0.25, 0.3) is 5.69 Å². The maximum absolute atomic E-state index is 10.7. The molecule has 0 fully saturated rings. The van der Waals surface area contributed by atoms with Crippen LogP contribution < -0.4 is 5.43 Å². The number of aromatic nitrogens is 3. The molecule has 2 aromatic carbocycles. The van der Waals surface area contributed by atoms with Crippen molar-refractivity contribution >= 4 is 39.4 Å². The summed E-state index contributed by atoms with van der Waals surface area (Å²) in [6.45, 7) is 0. The number of benzene rings is 2. The Morgan fingerprint density at radius 1 is 1.19 bits per heavy atom. The molecule has 2 aromatic heterocycles. The zero-order valence-corrected chi connectivity index (χ0v) is 15.1. The van der Waals surface area contributed by atoms with Gasteiger partial charge in [0, 0.05) is 24.6 Å². The lowest BCUT2D eigenvalue weighted by Crippen LogP contribution is -1.94. The van der Waals surface area contributed by atoms with Crippen LogP contribution in [0.4, 0.5) is 10.8 Å². The van der Waals surface area contributed by atoms with Crippen LogP contribution in [0.2, 0.25) is 0 Å². The number of nitro benzene ring substituents is 1. The molecule has 9 heteroatoms. The second-order valence-corrected chi connectivity index (χ2v) is 6.60. The number of fused-ring (bicyclic) bond motifs is 1. The van der Waals surface area contributed by atoms with E-state index in [-0.39, 0.29) is 5.69 Å². The average Bonchev–Trinajstić information content (AvgIpc) is 3.27. The van der Waals surface area contributed by atoms with Crippen LogP contribution in [0.5, 0.6) is 0 Å². The Morgan fingerprint density at radius 3 is 2.70 bits per heavy atom. The minimum atomic E-state index is -0.433. The Kier molecular flexibility index (Phi) is 4.35. The number of anilines is 1. The standard InChI is InChI=1S/C18H14N6O2S/c1-23-16-5-3-2-4-14(16)20-17(23)15-11-27-18(21-15)22-19-10-12-6-8-13(9-7-12)24(25)26/h2-11H,1H3,(H,21,22)/b19-10-. The first kappa shape index (κ1) is 16.9. The Hall–Kier alpha value is -3.59. The van der Waals surface area contributed by atoms with Gasteiger partial charge in [0.1, 0.15) is 5.69 Å². The van der Waals surface area contributed by atoms with Crippen molar-refractivity contribution < 1.29 is 4.92 Å². The second kappa shape index (κ2) is 6.96. The molecule has 0 saturated carbocycles. The number of imidazole rings is 1. The van der Waals surface area contributed by atoms with Crippen molar-refractivity contribution in [3.05, 3.63) is 69.6 Å². The molecule has 0 atom stereocenters. The van der Waals surface area contributed by atoms with Gasteiger partial charge in [0.05, 0.1) is 22.2 Å². The Labute approximate surface area is 158 Å². The van der Waals surface area contributed by atoms with Crippen LogP contribution in [0.3, 0.4) is 0 Å². The Morgan fingerprint density at radius 2 is 1.96 bits per heavy atom. The molecule has 0 aliphatic carbocycles. The predicted molar refractivity (Wildman–Crippen MR) is 106 cm³/mol. The molecular formula is C18H14N6O2S. The molecule has 0 unspecified atom stereocenters. The minimum absolute atomic E-state index is 0.0483. The summed E-state index contributed by atoms with van der Waals surface area (Å²) >= 11 is 1.43. The zero-order valence-electron chi connectivity index (χ0n) is 14.2. The van der Waals surface area contributed by atoms with Crippen LogP contribution in [-0.4, -0.2) is 25.7 Å². The molecule has 0 bridgehead atoms. The molecule has 134 valence electrons. The van der Waals surface area contributed by atoms with E-state index < -0.39 is 4.92 Å². The highest BCUT2D eigenvalue weighted by Gasteiger charge is 2.12. The molecule has 0 radical (unpaired) electrons. The van der Waals surface area contributed by atoms with Crippen molar-refractivity contribution in [1.82, 2.24) is 14.5 Å². The molecule has 0 saturated heterocycles. The number of nitrogens with zero attached hydrogens (tertiary/aromatic N) is 5. The van der Waals surface area contributed by atoms with E-state index >= 15 is 0 Å². The molecule has 8 nitrogen and oxygen atoms in total. The number of non-ortho nitro benzene ring substituents is 1. The van der Waals surface area contributed by atoms with Crippen molar-refractivity contribution in [1.29, 1.82) is 0 Å². The number of hydrogen-bond donors (Lipinski definition) is 1. The zero-order chi connectivity index (χ0) is 18.8. The second-order valence-electron chi connectivity index (χ2n) is 5.74. The summed E-state index contributed by atoms with van der Waals surface area (Å²) in [5.74, 6) is 0.792. The van der Waals surface area contributed by atoms with Gasteiger partial charge in [-0.25, -0.2) is 9.97 Å². The lowest BCUT2D eigenvalue weighted by atomic mass is 10.2. The predicted octanol–water partition coefficient (Wildman–Crippen LogP) is 4.05. The first-order chi connectivity index (χ1) is 13.1. The Balaban J connectivity index is 1.49.